The average molecular weight is 438 g/mol. The Bertz CT molecular complexity index is 576. The number of aryl methyl sites for hydroxylation is 2. The Kier molecular flexibility index (Phi) is 11.8. The molecule has 1 aromatic rings. The maximum atomic E-state index is 2.56. The van der Waals surface area contributed by atoms with Crippen LogP contribution in [0.5, 0.6) is 0 Å². The zero-order chi connectivity index (χ0) is 15.7. The van der Waals surface area contributed by atoms with Gasteiger partial charge in [0, 0.05) is 0 Å². The van der Waals surface area contributed by atoms with E-state index in [1.54, 1.807) is 10.8 Å². The van der Waals surface area contributed by atoms with Gasteiger partial charge in [-0.2, -0.15) is 0 Å². The summed E-state index contributed by atoms with van der Waals surface area (Å²) in [6, 6.07) is 7.11. The molecule has 0 N–H and O–H groups in total. The van der Waals surface area contributed by atoms with E-state index >= 15 is 0 Å². The number of allylic oxidation sites excluding steroid dienone is 4. The Morgan fingerprint density at radius 3 is 2.04 bits per heavy atom. The molecule has 0 aliphatic heterocycles. The fourth-order valence-electron chi connectivity index (χ4n) is 3.13. The van der Waals surface area contributed by atoms with Gasteiger partial charge in [-0.15, -0.1) is 0 Å². The summed E-state index contributed by atoms with van der Waals surface area (Å²) in [5.74, 6) is 0. The Morgan fingerprint density at radius 2 is 1.54 bits per heavy atom. The number of benzene rings is 1. The van der Waals surface area contributed by atoms with Crippen LogP contribution in [0.1, 0.15) is 37.3 Å². The number of hydrogen-bond acceptors (Lipinski definition) is 0. The van der Waals surface area contributed by atoms with Crippen molar-refractivity contribution in [2.75, 3.05) is 0 Å². The quantitative estimate of drug-likeness (QED) is 0.414. The summed E-state index contributed by atoms with van der Waals surface area (Å²) >= 11 is 2.44. The van der Waals surface area contributed by atoms with Crippen molar-refractivity contribution in [1.82, 2.24) is 0 Å². The third-order valence-corrected chi connectivity index (χ3v) is 12.3. The molecule has 5 heteroatoms. The van der Waals surface area contributed by atoms with E-state index in [-0.39, 0.29) is 40.6 Å². The largest absolute Gasteiger partial charge is 1.00 e. The van der Waals surface area contributed by atoms with Crippen LogP contribution < -0.4 is 42.4 Å². The molecular weight excluding hydrogens is 411 g/mol. The fraction of sp³-hybridized carbons (Fsp3) is 0.474. The van der Waals surface area contributed by atoms with Crippen LogP contribution in [0.15, 0.2) is 42.0 Å². The van der Waals surface area contributed by atoms with Crippen molar-refractivity contribution in [2.24, 2.45) is 0 Å². The van der Waals surface area contributed by atoms with Crippen molar-refractivity contribution in [3.05, 3.63) is 53.1 Å². The molecule has 1 unspecified atom stereocenters. The molecule has 1 aliphatic rings. The van der Waals surface area contributed by atoms with Crippen molar-refractivity contribution in [1.29, 1.82) is 0 Å². The Morgan fingerprint density at radius 1 is 1.00 bits per heavy atom. The predicted molar refractivity (Wildman–Crippen MR) is 92.5 cm³/mol. The molecule has 0 heterocycles. The van der Waals surface area contributed by atoms with Gasteiger partial charge in [0.15, 0.2) is 0 Å². The van der Waals surface area contributed by atoms with E-state index in [1.165, 1.54) is 30.4 Å². The van der Waals surface area contributed by atoms with Gasteiger partial charge in [-0.25, -0.2) is 0 Å². The molecule has 0 saturated carbocycles. The fourth-order valence-corrected chi connectivity index (χ4v) is 6.92. The van der Waals surface area contributed by atoms with Crippen molar-refractivity contribution in [3.8, 4) is 0 Å². The van der Waals surface area contributed by atoms with Crippen LogP contribution in [0, 0.1) is 13.8 Å². The molecule has 0 bridgehead atoms. The van der Waals surface area contributed by atoms with Crippen LogP contribution in [-0.4, -0.2) is 8.07 Å². The number of halogens is 3. The molecule has 2 rings (SSSR count). The first kappa shape index (κ1) is 26.7. The minimum Gasteiger partial charge on any atom is -1.00 e. The van der Waals surface area contributed by atoms with Gasteiger partial charge in [0.05, 0.1) is 0 Å². The van der Waals surface area contributed by atoms with Gasteiger partial charge in [-0.05, 0) is 0 Å². The molecule has 1 atom stereocenters. The minimum atomic E-state index is -1.58. The molecule has 0 saturated heterocycles. The smallest absolute Gasteiger partial charge is 1.00 e. The van der Waals surface area contributed by atoms with Gasteiger partial charge < -0.3 is 37.2 Å². The minimum absolute atomic E-state index is 0. The third-order valence-electron chi connectivity index (χ3n) is 4.77. The Hall–Kier alpha value is 0.501. The van der Waals surface area contributed by atoms with Crippen LogP contribution in [0.3, 0.4) is 0 Å². The summed E-state index contributed by atoms with van der Waals surface area (Å²) in [5.41, 5.74) is 4.34. The van der Waals surface area contributed by atoms with Crippen molar-refractivity contribution < 1.29 is 57.7 Å². The number of hydrogen-bond donors (Lipinski definition) is 0. The van der Waals surface area contributed by atoms with E-state index < -0.39 is 8.07 Å². The van der Waals surface area contributed by atoms with Gasteiger partial charge in [0.2, 0.25) is 0 Å². The topological polar surface area (TPSA) is 0 Å². The Labute approximate surface area is 179 Å². The van der Waals surface area contributed by atoms with Crippen LogP contribution in [0.4, 0.5) is 0 Å². The maximum Gasteiger partial charge on any atom is -1.00 e. The van der Waals surface area contributed by atoms with Crippen molar-refractivity contribution >= 4 is 13.3 Å². The maximum absolute atomic E-state index is 2.56. The second kappa shape index (κ2) is 10.6. The van der Waals surface area contributed by atoms with Gasteiger partial charge in [0.25, 0.3) is 0 Å². The zero-order valence-electron chi connectivity index (χ0n) is 15.2. The number of rotatable bonds is 5. The second-order valence-corrected chi connectivity index (χ2v) is 13.8. The molecule has 24 heavy (non-hydrogen) atoms. The van der Waals surface area contributed by atoms with Gasteiger partial charge >= 0.3 is 143 Å². The van der Waals surface area contributed by atoms with Crippen LogP contribution >= 0.6 is 0 Å². The van der Waals surface area contributed by atoms with E-state index in [0.717, 1.165) is 0 Å². The van der Waals surface area contributed by atoms with Crippen LogP contribution in [0.2, 0.25) is 16.4 Å². The van der Waals surface area contributed by atoms with E-state index in [4.69, 9.17) is 0 Å². The molecule has 1 aromatic carbocycles. The molecule has 0 amide bonds. The van der Waals surface area contributed by atoms with Crippen LogP contribution in [0.25, 0.3) is 0 Å². The summed E-state index contributed by atoms with van der Waals surface area (Å²) in [6.45, 7) is 11.7. The van der Waals surface area contributed by atoms with Crippen molar-refractivity contribution in [2.45, 2.75) is 56.5 Å². The van der Waals surface area contributed by atoms with Gasteiger partial charge in [0.1, 0.15) is 0 Å². The van der Waals surface area contributed by atoms with Gasteiger partial charge in [-0.1, -0.05) is 0 Å². The molecule has 0 aromatic heterocycles. The van der Waals surface area contributed by atoms with Crippen LogP contribution in [-0.2, 0) is 20.4 Å². The van der Waals surface area contributed by atoms with E-state index in [2.05, 4.69) is 90.7 Å². The van der Waals surface area contributed by atoms with E-state index in [0.29, 0.717) is 0 Å². The predicted octanol–water partition coefficient (Wildman–Crippen LogP) is -3.84. The summed E-state index contributed by atoms with van der Waals surface area (Å²) < 4.78 is 0.246. The number of unbranched alkanes of at least 4 members (excludes halogenated alkanes) is 1. The third kappa shape index (κ3) is 5.76. The summed E-state index contributed by atoms with van der Waals surface area (Å²) in [4.78, 5) is 0. The Balaban J connectivity index is 0. The monoisotopic (exact) mass is 436 g/mol. The summed E-state index contributed by atoms with van der Waals surface area (Å²) in [7, 11) is -1.58. The van der Waals surface area contributed by atoms with Crippen molar-refractivity contribution in [3.63, 3.8) is 0 Å². The average Bonchev–Trinajstić information content (AvgIpc) is 2.79. The standard InChI is InChI=1S/C19H27Si.3ClH.Ti/c1-6-7-8-17-9-10-18(14-17)20(4,5)19-12-15(2)11-16(3)13-19;;;;/h9-14H,6-8H2,1-5H3;3*1H;/q;;;;+3/p-3. The first-order valence-corrected chi connectivity index (χ1v) is 11.8. The first-order chi connectivity index (χ1) is 9.78. The molecule has 0 spiro atoms. The molecule has 132 valence electrons. The zero-order valence-corrected chi connectivity index (χ0v) is 20.0. The normalized spacial score (nSPS) is 19.0. The molecule has 1 aliphatic carbocycles. The molecule has 0 fully saturated rings. The summed E-state index contributed by atoms with van der Waals surface area (Å²) in [6.07, 6.45) is 11.2. The SMILES string of the molecule is CCCCC1=C[C]([Ti+3])([Si](C)(C)c2cc(C)cc(C)c2)C=C1.[Cl-].[Cl-].[Cl-]. The second-order valence-electron chi connectivity index (χ2n) is 7.03. The first-order valence-electron chi connectivity index (χ1n) is 8.03. The molecule has 0 nitrogen and oxygen atoms in total. The molecule has 0 radical (unpaired) electrons. The summed E-state index contributed by atoms with van der Waals surface area (Å²) in [5, 5.41) is 1.58. The van der Waals surface area contributed by atoms with E-state index in [1.807, 2.05) is 0 Å². The van der Waals surface area contributed by atoms with Gasteiger partial charge in [-0.3, -0.25) is 0 Å². The van der Waals surface area contributed by atoms with E-state index in [9.17, 15) is 0 Å². The molecular formula is C19H27Cl3SiTi.